The van der Waals surface area contributed by atoms with Gasteiger partial charge in [-0.15, -0.1) is 0 Å². The average molecular weight is 356 g/mol. The summed E-state index contributed by atoms with van der Waals surface area (Å²) in [7, 11) is 0. The molecule has 2 rings (SSSR count). The number of carbonyl (C=O) groups is 2. The van der Waals surface area contributed by atoms with Crippen LogP contribution >= 0.6 is 0 Å². The Labute approximate surface area is 155 Å². The Morgan fingerprint density at radius 3 is 2.62 bits per heavy atom. The first-order chi connectivity index (χ1) is 12.6. The maximum atomic E-state index is 12.2. The van der Waals surface area contributed by atoms with Gasteiger partial charge in [0.2, 0.25) is 0 Å². The Hall–Kier alpha value is -2.20. The summed E-state index contributed by atoms with van der Waals surface area (Å²) in [5.41, 5.74) is 2.56. The second-order valence-corrected chi connectivity index (χ2v) is 6.54. The SMILES string of the molecule is CCOC(=O)CCCCCCC1=C(C=Cc2ccccc2)C(O)CC1=O. The quantitative estimate of drug-likeness (QED) is 0.503. The van der Waals surface area contributed by atoms with Crippen molar-refractivity contribution in [3.8, 4) is 0 Å². The molecule has 1 aliphatic carbocycles. The van der Waals surface area contributed by atoms with Crippen molar-refractivity contribution in [3.63, 3.8) is 0 Å². The number of ether oxygens (including phenoxy) is 1. The second-order valence-electron chi connectivity index (χ2n) is 6.54. The van der Waals surface area contributed by atoms with E-state index in [1.807, 2.05) is 49.4 Å². The number of hydrogen-bond donors (Lipinski definition) is 1. The lowest BCUT2D eigenvalue weighted by Crippen LogP contribution is -2.04. The summed E-state index contributed by atoms with van der Waals surface area (Å²) in [5, 5.41) is 10.2. The highest BCUT2D eigenvalue weighted by Crippen LogP contribution is 2.29. The van der Waals surface area contributed by atoms with Crippen LogP contribution in [0, 0.1) is 0 Å². The number of rotatable bonds is 10. The van der Waals surface area contributed by atoms with Gasteiger partial charge in [-0.25, -0.2) is 0 Å². The van der Waals surface area contributed by atoms with Crippen molar-refractivity contribution in [2.24, 2.45) is 0 Å². The average Bonchev–Trinajstić information content (AvgIpc) is 2.90. The van der Waals surface area contributed by atoms with E-state index in [9.17, 15) is 14.7 Å². The number of carbonyl (C=O) groups excluding carboxylic acids is 2. The number of aliphatic hydroxyl groups is 1. The molecule has 0 saturated carbocycles. The lowest BCUT2D eigenvalue weighted by Gasteiger charge is -2.06. The molecule has 140 valence electrons. The lowest BCUT2D eigenvalue weighted by molar-refractivity contribution is -0.143. The molecule has 0 saturated heterocycles. The predicted molar refractivity (Wildman–Crippen MR) is 102 cm³/mol. The molecule has 1 aromatic carbocycles. The Bertz CT molecular complexity index is 658. The molecular formula is C22H28O4. The minimum Gasteiger partial charge on any atom is -0.466 e. The van der Waals surface area contributed by atoms with Gasteiger partial charge in [-0.2, -0.15) is 0 Å². The second kappa shape index (κ2) is 10.7. The van der Waals surface area contributed by atoms with Gasteiger partial charge < -0.3 is 9.84 Å². The largest absolute Gasteiger partial charge is 0.466 e. The summed E-state index contributed by atoms with van der Waals surface area (Å²) in [4.78, 5) is 23.5. The van der Waals surface area contributed by atoms with Crippen molar-refractivity contribution >= 4 is 17.8 Å². The number of ketones is 1. The number of unbranched alkanes of at least 4 members (excludes halogenated alkanes) is 3. The van der Waals surface area contributed by atoms with E-state index < -0.39 is 6.10 Å². The fourth-order valence-electron chi connectivity index (χ4n) is 3.17. The third-order valence-electron chi connectivity index (χ3n) is 4.54. The number of Topliss-reactive ketones (excluding diaryl/α,β-unsaturated/α-hetero) is 1. The lowest BCUT2D eigenvalue weighted by atomic mass is 10.0. The van der Waals surface area contributed by atoms with E-state index in [1.165, 1.54) is 0 Å². The minimum absolute atomic E-state index is 0.0525. The van der Waals surface area contributed by atoms with E-state index in [-0.39, 0.29) is 18.2 Å². The van der Waals surface area contributed by atoms with Gasteiger partial charge in [0, 0.05) is 18.4 Å². The van der Waals surface area contributed by atoms with Gasteiger partial charge in [0.1, 0.15) is 0 Å². The van der Waals surface area contributed by atoms with Gasteiger partial charge in [-0.05, 0) is 37.3 Å². The summed E-state index contributed by atoms with van der Waals surface area (Å²) in [6.07, 6.45) is 8.06. The topological polar surface area (TPSA) is 63.6 Å². The number of allylic oxidation sites excluding steroid dienone is 1. The van der Waals surface area contributed by atoms with E-state index in [1.54, 1.807) is 0 Å². The molecule has 1 N–H and O–H groups in total. The van der Waals surface area contributed by atoms with E-state index in [0.29, 0.717) is 19.4 Å². The predicted octanol–water partition coefficient (Wildman–Crippen LogP) is 4.23. The van der Waals surface area contributed by atoms with E-state index in [2.05, 4.69) is 0 Å². The van der Waals surface area contributed by atoms with Gasteiger partial charge in [0.25, 0.3) is 0 Å². The number of aliphatic hydroxyl groups excluding tert-OH is 1. The van der Waals surface area contributed by atoms with Crippen molar-refractivity contribution in [2.75, 3.05) is 6.61 Å². The van der Waals surface area contributed by atoms with Crippen LogP contribution in [0.2, 0.25) is 0 Å². The molecule has 4 heteroatoms. The number of esters is 1. The molecule has 0 spiro atoms. The third kappa shape index (κ3) is 6.26. The standard InChI is InChI=1S/C22H28O4/c1-2-26-22(25)13-9-4-3-8-12-18-19(21(24)16-20(18)23)15-14-17-10-6-5-7-11-17/h5-7,10-11,14-15,21,24H,2-4,8-9,12-13,16H2,1H3. The molecule has 1 aromatic rings. The van der Waals surface area contributed by atoms with Crippen LogP contribution in [0.4, 0.5) is 0 Å². The highest BCUT2D eigenvalue weighted by molar-refractivity contribution is 6.00. The minimum atomic E-state index is -0.693. The molecular weight excluding hydrogens is 328 g/mol. The van der Waals surface area contributed by atoms with Gasteiger partial charge in [-0.1, -0.05) is 55.3 Å². The molecule has 0 heterocycles. The van der Waals surface area contributed by atoms with Gasteiger partial charge in [-0.3, -0.25) is 9.59 Å². The molecule has 0 bridgehead atoms. The zero-order valence-electron chi connectivity index (χ0n) is 15.4. The Morgan fingerprint density at radius 1 is 1.15 bits per heavy atom. The van der Waals surface area contributed by atoms with Gasteiger partial charge in [0.05, 0.1) is 12.7 Å². The molecule has 26 heavy (non-hydrogen) atoms. The first-order valence-electron chi connectivity index (χ1n) is 9.45. The van der Waals surface area contributed by atoms with Crippen LogP contribution < -0.4 is 0 Å². The molecule has 0 amide bonds. The normalized spacial score (nSPS) is 17.3. The maximum Gasteiger partial charge on any atom is 0.305 e. The molecule has 1 atom stereocenters. The summed E-state index contributed by atoms with van der Waals surface area (Å²) in [6.45, 7) is 2.24. The van der Waals surface area contributed by atoms with Crippen LogP contribution in [-0.4, -0.2) is 29.6 Å². The number of benzene rings is 1. The molecule has 4 nitrogen and oxygen atoms in total. The van der Waals surface area contributed by atoms with Crippen molar-refractivity contribution in [3.05, 3.63) is 53.1 Å². The fourth-order valence-corrected chi connectivity index (χ4v) is 3.17. The Kier molecular flexibility index (Phi) is 8.29. The molecule has 1 aliphatic rings. The molecule has 1 unspecified atom stereocenters. The van der Waals surface area contributed by atoms with E-state index in [4.69, 9.17) is 4.74 Å². The maximum absolute atomic E-state index is 12.2. The Morgan fingerprint density at radius 2 is 1.88 bits per heavy atom. The van der Waals surface area contributed by atoms with Crippen LogP contribution in [0.5, 0.6) is 0 Å². The van der Waals surface area contributed by atoms with E-state index in [0.717, 1.165) is 42.4 Å². The van der Waals surface area contributed by atoms with Crippen LogP contribution in [0.15, 0.2) is 47.6 Å². The van der Waals surface area contributed by atoms with Gasteiger partial charge in [0.15, 0.2) is 5.78 Å². The van der Waals surface area contributed by atoms with Crippen molar-refractivity contribution in [2.45, 2.75) is 58.0 Å². The smallest absolute Gasteiger partial charge is 0.305 e. The van der Waals surface area contributed by atoms with Crippen LogP contribution in [0.1, 0.15) is 57.4 Å². The third-order valence-corrected chi connectivity index (χ3v) is 4.54. The zero-order chi connectivity index (χ0) is 18.8. The highest BCUT2D eigenvalue weighted by atomic mass is 16.5. The highest BCUT2D eigenvalue weighted by Gasteiger charge is 2.28. The van der Waals surface area contributed by atoms with Crippen molar-refractivity contribution in [1.29, 1.82) is 0 Å². The summed E-state index contributed by atoms with van der Waals surface area (Å²) in [6, 6.07) is 9.85. The summed E-state index contributed by atoms with van der Waals surface area (Å²) < 4.78 is 4.91. The van der Waals surface area contributed by atoms with Crippen LogP contribution in [0.3, 0.4) is 0 Å². The molecule has 0 fully saturated rings. The summed E-state index contributed by atoms with van der Waals surface area (Å²) >= 11 is 0. The zero-order valence-corrected chi connectivity index (χ0v) is 15.4. The monoisotopic (exact) mass is 356 g/mol. The van der Waals surface area contributed by atoms with Crippen LogP contribution in [-0.2, 0) is 14.3 Å². The van der Waals surface area contributed by atoms with Crippen molar-refractivity contribution in [1.82, 2.24) is 0 Å². The molecule has 0 radical (unpaired) electrons. The molecule has 0 aliphatic heterocycles. The first kappa shape index (κ1) is 20.1. The fraction of sp³-hybridized carbons (Fsp3) is 0.455. The van der Waals surface area contributed by atoms with Crippen LogP contribution in [0.25, 0.3) is 6.08 Å². The first-order valence-corrected chi connectivity index (χ1v) is 9.45. The number of hydrogen-bond acceptors (Lipinski definition) is 4. The van der Waals surface area contributed by atoms with Gasteiger partial charge >= 0.3 is 5.97 Å². The molecule has 0 aromatic heterocycles. The summed E-state index contributed by atoms with van der Waals surface area (Å²) in [5.74, 6) is -0.0885. The Balaban J connectivity index is 1.84. The van der Waals surface area contributed by atoms with E-state index >= 15 is 0 Å². The van der Waals surface area contributed by atoms with Crippen molar-refractivity contribution < 1.29 is 19.4 Å².